The lowest BCUT2D eigenvalue weighted by atomic mass is 10.2. The Labute approximate surface area is 87.2 Å². The van der Waals surface area contributed by atoms with Crippen molar-refractivity contribution in [1.29, 1.82) is 0 Å². The normalized spacial score (nSPS) is 10.2. The molecule has 2 N–H and O–H groups in total. The molecule has 82 valence electrons. The number of aliphatic carboxylic acids is 1. The molecular formula is C10H14N2O3. The minimum atomic E-state index is -0.791. The Morgan fingerprint density at radius 3 is 2.87 bits per heavy atom. The van der Waals surface area contributed by atoms with Crippen LogP contribution in [-0.2, 0) is 11.2 Å². The van der Waals surface area contributed by atoms with Crippen molar-refractivity contribution in [3.05, 3.63) is 27.9 Å². The van der Waals surface area contributed by atoms with Crippen LogP contribution in [0.5, 0.6) is 0 Å². The summed E-state index contributed by atoms with van der Waals surface area (Å²) < 4.78 is 0. The third-order valence-electron chi connectivity index (χ3n) is 1.97. The topological polar surface area (TPSA) is 83.0 Å². The minimum Gasteiger partial charge on any atom is -0.481 e. The van der Waals surface area contributed by atoms with Gasteiger partial charge in [0, 0.05) is 24.6 Å². The standard InChI is InChI=1S/C10H14N2O3/c1-7-6-9(13)12-8(11-7)4-2-3-5-10(14)15/h6H,2-5H2,1H3,(H,14,15)(H,11,12,13). The predicted octanol–water partition coefficient (Wildman–Crippen LogP) is 0.876. The third-order valence-corrected chi connectivity index (χ3v) is 1.97. The van der Waals surface area contributed by atoms with E-state index in [-0.39, 0.29) is 12.0 Å². The highest BCUT2D eigenvalue weighted by Gasteiger charge is 2.00. The van der Waals surface area contributed by atoms with Crippen LogP contribution in [0.25, 0.3) is 0 Å². The van der Waals surface area contributed by atoms with Gasteiger partial charge >= 0.3 is 5.97 Å². The third kappa shape index (κ3) is 4.39. The number of nitrogens with zero attached hydrogens (tertiary/aromatic N) is 1. The van der Waals surface area contributed by atoms with Crippen molar-refractivity contribution in [2.45, 2.75) is 32.6 Å². The Morgan fingerprint density at radius 1 is 1.53 bits per heavy atom. The lowest BCUT2D eigenvalue weighted by Gasteiger charge is -2.00. The summed E-state index contributed by atoms with van der Waals surface area (Å²) in [5.41, 5.74) is 0.530. The van der Waals surface area contributed by atoms with E-state index in [1.54, 1.807) is 6.92 Å². The van der Waals surface area contributed by atoms with Crippen LogP contribution >= 0.6 is 0 Å². The van der Waals surface area contributed by atoms with Crippen LogP contribution < -0.4 is 5.56 Å². The fourth-order valence-electron chi connectivity index (χ4n) is 1.33. The van der Waals surface area contributed by atoms with Gasteiger partial charge in [0.05, 0.1) is 0 Å². The molecule has 0 aliphatic carbocycles. The fourth-order valence-corrected chi connectivity index (χ4v) is 1.33. The molecule has 0 fully saturated rings. The van der Waals surface area contributed by atoms with Gasteiger partial charge in [-0.15, -0.1) is 0 Å². The van der Waals surface area contributed by atoms with E-state index in [2.05, 4.69) is 9.97 Å². The van der Waals surface area contributed by atoms with Crippen LogP contribution in [0.3, 0.4) is 0 Å². The van der Waals surface area contributed by atoms with Crippen molar-refractivity contribution >= 4 is 5.97 Å². The summed E-state index contributed by atoms with van der Waals surface area (Å²) in [6.07, 6.45) is 2.10. The maximum absolute atomic E-state index is 11.1. The first-order valence-electron chi connectivity index (χ1n) is 4.86. The van der Waals surface area contributed by atoms with E-state index in [0.29, 0.717) is 24.4 Å². The molecule has 5 nitrogen and oxygen atoms in total. The van der Waals surface area contributed by atoms with Gasteiger partial charge in [0.15, 0.2) is 0 Å². The number of carboxylic acids is 1. The van der Waals surface area contributed by atoms with Gasteiger partial charge in [0.1, 0.15) is 5.82 Å². The number of unbranched alkanes of at least 4 members (excludes halogenated alkanes) is 1. The van der Waals surface area contributed by atoms with E-state index < -0.39 is 5.97 Å². The molecule has 1 heterocycles. The summed E-state index contributed by atoms with van der Waals surface area (Å²) in [5, 5.41) is 8.43. The van der Waals surface area contributed by atoms with E-state index in [1.807, 2.05) is 0 Å². The molecule has 0 amide bonds. The van der Waals surface area contributed by atoms with Crippen molar-refractivity contribution in [3.63, 3.8) is 0 Å². The Balaban J connectivity index is 2.44. The first-order chi connectivity index (χ1) is 7.08. The van der Waals surface area contributed by atoms with Gasteiger partial charge < -0.3 is 10.1 Å². The second-order valence-electron chi connectivity index (χ2n) is 3.43. The highest BCUT2D eigenvalue weighted by atomic mass is 16.4. The molecule has 0 saturated carbocycles. The zero-order chi connectivity index (χ0) is 11.3. The lowest BCUT2D eigenvalue weighted by molar-refractivity contribution is -0.137. The number of carbonyl (C=O) groups is 1. The smallest absolute Gasteiger partial charge is 0.303 e. The van der Waals surface area contributed by atoms with E-state index in [0.717, 1.165) is 6.42 Å². The minimum absolute atomic E-state index is 0.157. The number of carboxylic acid groups (broad SMARTS) is 1. The van der Waals surface area contributed by atoms with E-state index in [4.69, 9.17) is 5.11 Å². The van der Waals surface area contributed by atoms with E-state index in [1.165, 1.54) is 6.07 Å². The molecule has 1 rings (SSSR count). The van der Waals surface area contributed by atoms with Crippen LogP contribution in [0.4, 0.5) is 0 Å². The highest BCUT2D eigenvalue weighted by molar-refractivity contribution is 5.66. The number of hydrogen-bond donors (Lipinski definition) is 2. The molecule has 5 heteroatoms. The zero-order valence-electron chi connectivity index (χ0n) is 8.62. The zero-order valence-corrected chi connectivity index (χ0v) is 8.62. The maximum Gasteiger partial charge on any atom is 0.303 e. The van der Waals surface area contributed by atoms with Gasteiger partial charge in [-0.1, -0.05) is 0 Å². The number of hydrogen-bond acceptors (Lipinski definition) is 3. The summed E-state index contributed by atoms with van der Waals surface area (Å²) in [6, 6.07) is 1.43. The molecule has 0 bridgehead atoms. The lowest BCUT2D eigenvalue weighted by Crippen LogP contribution is -2.11. The van der Waals surface area contributed by atoms with Crippen LogP contribution in [0.15, 0.2) is 10.9 Å². The predicted molar refractivity (Wildman–Crippen MR) is 54.8 cm³/mol. The van der Waals surface area contributed by atoms with Crippen molar-refractivity contribution in [2.75, 3.05) is 0 Å². The second-order valence-corrected chi connectivity index (χ2v) is 3.43. The molecule has 0 aromatic carbocycles. The van der Waals surface area contributed by atoms with Crippen LogP contribution in [0, 0.1) is 6.92 Å². The molecule has 0 saturated heterocycles. The quantitative estimate of drug-likeness (QED) is 0.706. The first-order valence-corrected chi connectivity index (χ1v) is 4.86. The maximum atomic E-state index is 11.1. The molecule has 0 aliphatic rings. The monoisotopic (exact) mass is 210 g/mol. The molecule has 1 aromatic heterocycles. The van der Waals surface area contributed by atoms with Crippen molar-refractivity contribution in [2.24, 2.45) is 0 Å². The molecular weight excluding hydrogens is 196 g/mol. The average molecular weight is 210 g/mol. The largest absolute Gasteiger partial charge is 0.481 e. The fraction of sp³-hybridized carbons (Fsp3) is 0.500. The molecule has 1 aromatic rings. The van der Waals surface area contributed by atoms with Crippen LogP contribution in [0.2, 0.25) is 0 Å². The second kappa shape index (κ2) is 5.29. The van der Waals surface area contributed by atoms with Gasteiger partial charge in [-0.2, -0.15) is 0 Å². The molecule has 0 atom stereocenters. The Bertz CT molecular complexity index is 398. The van der Waals surface area contributed by atoms with Crippen molar-refractivity contribution in [3.8, 4) is 0 Å². The highest BCUT2D eigenvalue weighted by Crippen LogP contribution is 2.01. The molecule has 0 spiro atoms. The van der Waals surface area contributed by atoms with Crippen molar-refractivity contribution in [1.82, 2.24) is 9.97 Å². The van der Waals surface area contributed by atoms with Gasteiger partial charge in [-0.05, 0) is 19.8 Å². The Morgan fingerprint density at radius 2 is 2.27 bits per heavy atom. The van der Waals surface area contributed by atoms with Crippen molar-refractivity contribution < 1.29 is 9.90 Å². The Hall–Kier alpha value is -1.65. The Kier molecular flexibility index (Phi) is 4.03. The molecule has 0 aliphatic heterocycles. The van der Waals surface area contributed by atoms with Gasteiger partial charge in [0.25, 0.3) is 5.56 Å². The number of aryl methyl sites for hydroxylation is 2. The number of aromatic amines is 1. The van der Waals surface area contributed by atoms with Gasteiger partial charge in [-0.3, -0.25) is 9.59 Å². The van der Waals surface area contributed by atoms with E-state index >= 15 is 0 Å². The molecule has 0 unspecified atom stereocenters. The number of H-pyrrole nitrogens is 1. The SMILES string of the molecule is Cc1cc(=O)[nH]c(CCCCC(=O)O)n1. The van der Waals surface area contributed by atoms with Gasteiger partial charge in [0.2, 0.25) is 0 Å². The molecule has 0 radical (unpaired) electrons. The summed E-state index contributed by atoms with van der Waals surface area (Å²) in [7, 11) is 0. The number of rotatable bonds is 5. The summed E-state index contributed by atoms with van der Waals surface area (Å²) in [4.78, 5) is 28.1. The summed E-state index contributed by atoms with van der Waals surface area (Å²) in [5.74, 6) is -0.161. The number of aromatic nitrogens is 2. The summed E-state index contributed by atoms with van der Waals surface area (Å²) >= 11 is 0. The average Bonchev–Trinajstić information content (AvgIpc) is 2.10. The van der Waals surface area contributed by atoms with E-state index in [9.17, 15) is 9.59 Å². The summed E-state index contributed by atoms with van der Waals surface area (Å²) in [6.45, 7) is 1.76. The van der Waals surface area contributed by atoms with Crippen LogP contribution in [-0.4, -0.2) is 21.0 Å². The molecule has 15 heavy (non-hydrogen) atoms. The van der Waals surface area contributed by atoms with Gasteiger partial charge in [-0.25, -0.2) is 4.98 Å². The first kappa shape index (κ1) is 11.4. The van der Waals surface area contributed by atoms with Crippen LogP contribution in [0.1, 0.15) is 30.8 Å². The number of nitrogens with one attached hydrogen (secondary N) is 1.